The molecule has 0 radical (unpaired) electrons. The summed E-state index contributed by atoms with van der Waals surface area (Å²) in [5, 5.41) is 3.18. The van der Waals surface area contributed by atoms with Gasteiger partial charge in [0.2, 0.25) is 0 Å². The predicted octanol–water partition coefficient (Wildman–Crippen LogP) is 4.64. The van der Waals surface area contributed by atoms with Crippen molar-refractivity contribution >= 4 is 27.4 Å². The Kier molecular flexibility index (Phi) is 4.88. The van der Waals surface area contributed by atoms with E-state index in [1.165, 1.54) is 0 Å². The number of fused-ring (bicyclic) bond motifs is 2. The number of anilines is 1. The number of benzene rings is 2. The minimum absolute atomic E-state index is 0.0852. The minimum Gasteiger partial charge on any atom is -0.497 e. The van der Waals surface area contributed by atoms with Gasteiger partial charge in [0.25, 0.3) is 0 Å². The highest BCUT2D eigenvalue weighted by Gasteiger charge is 2.24. The largest absolute Gasteiger partial charge is 0.497 e. The lowest BCUT2D eigenvalue weighted by Crippen LogP contribution is -2.39. The van der Waals surface area contributed by atoms with Crippen LogP contribution in [0, 0.1) is 0 Å². The molecule has 30 heavy (non-hydrogen) atoms. The summed E-state index contributed by atoms with van der Waals surface area (Å²) in [6.07, 6.45) is 1.54. The number of ether oxygens (including phenoxy) is 3. The van der Waals surface area contributed by atoms with Gasteiger partial charge in [0, 0.05) is 18.0 Å². The summed E-state index contributed by atoms with van der Waals surface area (Å²) in [6.45, 7) is 1.16. The highest BCUT2D eigenvalue weighted by Crippen LogP contribution is 2.38. The Hall–Kier alpha value is -3.32. The zero-order valence-electron chi connectivity index (χ0n) is 16.7. The van der Waals surface area contributed by atoms with Crippen molar-refractivity contribution in [2.45, 2.75) is 6.10 Å². The summed E-state index contributed by atoms with van der Waals surface area (Å²) >= 11 is 1.62. The number of rotatable bonds is 5. The Balaban J connectivity index is 1.44. The lowest BCUT2D eigenvalue weighted by atomic mass is 10.1. The average Bonchev–Trinajstić information content (AvgIpc) is 3.23. The van der Waals surface area contributed by atoms with Crippen LogP contribution in [-0.2, 0) is 0 Å². The summed E-state index contributed by atoms with van der Waals surface area (Å²) in [5.41, 5.74) is 2.23. The smallest absolute Gasteiger partial charge is 0.161 e. The van der Waals surface area contributed by atoms with E-state index >= 15 is 0 Å². The van der Waals surface area contributed by atoms with Gasteiger partial charge < -0.3 is 19.1 Å². The maximum absolute atomic E-state index is 6.14. The van der Waals surface area contributed by atoms with Gasteiger partial charge >= 0.3 is 0 Å². The molecule has 0 amide bonds. The van der Waals surface area contributed by atoms with Crippen molar-refractivity contribution in [3.8, 4) is 28.4 Å². The van der Waals surface area contributed by atoms with Gasteiger partial charge in [-0.25, -0.2) is 9.97 Å². The SMILES string of the molecule is COc1ccc(-c2csc3ncnc(N(C)CC4COc5ccccc5O4)c23)cc1. The molecule has 2 aromatic carbocycles. The number of likely N-dealkylation sites (N-methyl/N-ethyl adjacent to an activating group) is 1. The normalized spacial score (nSPS) is 15.2. The Morgan fingerprint density at radius 3 is 2.70 bits per heavy atom. The molecule has 1 aliphatic heterocycles. The van der Waals surface area contributed by atoms with Crippen LogP contribution in [0.4, 0.5) is 5.82 Å². The Morgan fingerprint density at radius 2 is 1.90 bits per heavy atom. The number of hydrogen-bond acceptors (Lipinski definition) is 7. The maximum Gasteiger partial charge on any atom is 0.161 e. The minimum atomic E-state index is -0.0852. The summed E-state index contributed by atoms with van der Waals surface area (Å²) < 4.78 is 17.3. The zero-order valence-corrected chi connectivity index (χ0v) is 17.6. The third kappa shape index (κ3) is 3.41. The molecule has 1 atom stereocenters. The molecule has 2 aromatic heterocycles. The van der Waals surface area contributed by atoms with Crippen molar-refractivity contribution < 1.29 is 14.2 Å². The zero-order chi connectivity index (χ0) is 20.5. The van der Waals surface area contributed by atoms with Gasteiger partial charge in [0.15, 0.2) is 17.6 Å². The molecule has 1 aliphatic rings. The number of para-hydroxylation sites is 2. The Bertz CT molecular complexity index is 1180. The first-order valence-electron chi connectivity index (χ1n) is 9.69. The Morgan fingerprint density at radius 1 is 1.10 bits per heavy atom. The molecule has 0 saturated heterocycles. The fraction of sp³-hybridized carbons (Fsp3) is 0.217. The van der Waals surface area contributed by atoms with E-state index in [9.17, 15) is 0 Å². The lowest BCUT2D eigenvalue weighted by molar-refractivity contribution is 0.0960. The predicted molar refractivity (Wildman–Crippen MR) is 119 cm³/mol. The van der Waals surface area contributed by atoms with E-state index in [1.54, 1.807) is 24.8 Å². The quantitative estimate of drug-likeness (QED) is 0.470. The maximum atomic E-state index is 6.14. The van der Waals surface area contributed by atoms with E-state index in [0.717, 1.165) is 44.4 Å². The van der Waals surface area contributed by atoms with Crippen LogP contribution >= 0.6 is 11.3 Å². The standard InChI is InChI=1S/C23H21N3O3S/c1-26(11-17-12-28-19-5-3-4-6-20(19)29-17)22-21-18(13-30-23(21)25-14-24-22)15-7-9-16(27-2)10-8-15/h3-10,13-14,17H,11-12H2,1-2H3. The van der Waals surface area contributed by atoms with Crippen molar-refractivity contribution in [2.24, 2.45) is 0 Å². The van der Waals surface area contributed by atoms with Crippen molar-refractivity contribution in [3.63, 3.8) is 0 Å². The molecule has 0 aliphatic carbocycles. The molecule has 1 unspecified atom stereocenters. The number of nitrogens with zero attached hydrogens (tertiary/aromatic N) is 3. The van der Waals surface area contributed by atoms with E-state index in [-0.39, 0.29) is 6.10 Å². The highest BCUT2D eigenvalue weighted by molar-refractivity contribution is 7.17. The van der Waals surface area contributed by atoms with Gasteiger partial charge in [0.05, 0.1) is 19.0 Å². The van der Waals surface area contributed by atoms with Crippen LogP contribution in [0.1, 0.15) is 0 Å². The summed E-state index contributed by atoms with van der Waals surface area (Å²) in [5.74, 6) is 3.29. The lowest BCUT2D eigenvalue weighted by Gasteiger charge is -2.30. The number of methoxy groups -OCH3 is 1. The first-order chi connectivity index (χ1) is 14.7. The van der Waals surface area contributed by atoms with Gasteiger partial charge in [-0.1, -0.05) is 24.3 Å². The van der Waals surface area contributed by atoms with E-state index in [2.05, 4.69) is 32.4 Å². The molecule has 3 heterocycles. The fourth-order valence-corrected chi connectivity index (χ4v) is 4.59. The molecule has 7 heteroatoms. The fourth-order valence-electron chi connectivity index (χ4n) is 3.68. The number of thiophene rings is 1. The third-order valence-electron chi connectivity index (χ3n) is 5.16. The molecule has 0 fully saturated rings. The van der Waals surface area contributed by atoms with Crippen molar-refractivity contribution in [1.29, 1.82) is 0 Å². The van der Waals surface area contributed by atoms with Gasteiger partial charge in [-0.2, -0.15) is 0 Å². The van der Waals surface area contributed by atoms with Crippen LogP contribution in [-0.4, -0.2) is 43.4 Å². The van der Waals surface area contributed by atoms with Gasteiger partial charge in [-0.3, -0.25) is 0 Å². The van der Waals surface area contributed by atoms with Crippen LogP contribution in [0.5, 0.6) is 17.2 Å². The van der Waals surface area contributed by atoms with Crippen LogP contribution in [0.2, 0.25) is 0 Å². The highest BCUT2D eigenvalue weighted by atomic mass is 32.1. The van der Waals surface area contributed by atoms with Crippen LogP contribution < -0.4 is 19.1 Å². The molecule has 152 valence electrons. The first kappa shape index (κ1) is 18.7. The second-order valence-corrected chi connectivity index (χ2v) is 7.99. The summed E-state index contributed by atoms with van der Waals surface area (Å²) in [6, 6.07) is 15.8. The van der Waals surface area contributed by atoms with Crippen molar-refractivity contribution in [3.05, 3.63) is 60.2 Å². The molecule has 0 bridgehead atoms. The molecule has 4 aromatic rings. The van der Waals surface area contributed by atoms with Crippen LogP contribution in [0.25, 0.3) is 21.3 Å². The second-order valence-electron chi connectivity index (χ2n) is 7.13. The van der Waals surface area contributed by atoms with E-state index in [1.807, 2.05) is 43.4 Å². The molecule has 0 saturated carbocycles. The number of aromatic nitrogens is 2. The van der Waals surface area contributed by atoms with E-state index < -0.39 is 0 Å². The van der Waals surface area contributed by atoms with E-state index in [0.29, 0.717) is 13.2 Å². The second kappa shape index (κ2) is 7.84. The summed E-state index contributed by atoms with van der Waals surface area (Å²) in [4.78, 5) is 12.2. The van der Waals surface area contributed by atoms with E-state index in [4.69, 9.17) is 14.2 Å². The Labute approximate surface area is 178 Å². The van der Waals surface area contributed by atoms with Gasteiger partial charge in [0.1, 0.15) is 29.3 Å². The molecule has 5 rings (SSSR count). The summed E-state index contributed by atoms with van der Waals surface area (Å²) in [7, 11) is 3.70. The molecular weight excluding hydrogens is 398 g/mol. The topological polar surface area (TPSA) is 56.7 Å². The number of hydrogen-bond donors (Lipinski definition) is 0. The van der Waals surface area contributed by atoms with Crippen molar-refractivity contribution in [1.82, 2.24) is 9.97 Å². The monoisotopic (exact) mass is 419 g/mol. The first-order valence-corrected chi connectivity index (χ1v) is 10.6. The molecule has 0 spiro atoms. The average molecular weight is 420 g/mol. The third-order valence-corrected chi connectivity index (χ3v) is 6.04. The van der Waals surface area contributed by atoms with Gasteiger partial charge in [-0.05, 0) is 29.8 Å². The van der Waals surface area contributed by atoms with Crippen LogP contribution in [0.15, 0.2) is 60.2 Å². The van der Waals surface area contributed by atoms with Crippen LogP contribution in [0.3, 0.4) is 0 Å². The van der Waals surface area contributed by atoms with Crippen molar-refractivity contribution in [2.75, 3.05) is 32.2 Å². The van der Waals surface area contributed by atoms with Gasteiger partial charge in [-0.15, -0.1) is 11.3 Å². The molecule has 6 nitrogen and oxygen atoms in total. The molecular formula is C23H21N3O3S. The molecule has 0 N–H and O–H groups in total.